The van der Waals surface area contributed by atoms with Crippen LogP contribution in [-0.2, 0) is 0 Å². The maximum Gasteiger partial charge on any atom is 0.0707 e. The first-order valence-corrected chi connectivity index (χ1v) is 6.00. The van der Waals surface area contributed by atoms with Crippen LogP contribution in [0.2, 0.25) is 0 Å². The molecular formula is C6Si6. The molecule has 48 valence electrons. The molecule has 0 aromatic heterocycles. The monoisotopic (exact) mass is 240 g/mol. The molecule has 0 aliphatic heterocycles. The summed E-state index contributed by atoms with van der Waals surface area (Å²) in [5.41, 5.74) is 0. The minimum atomic E-state index is 0.959. The lowest BCUT2D eigenvalue weighted by Gasteiger charge is -2.15. The molecule has 0 amide bonds. The number of hydrogen-bond acceptors (Lipinski definition) is 0. The summed E-state index contributed by atoms with van der Waals surface area (Å²) in [7, 11) is 20.9. The number of benzene rings is 1. The highest BCUT2D eigenvalue weighted by atomic mass is 28.2. The Balaban J connectivity index is 3.60. The molecule has 6 heteroatoms. The molecule has 0 spiro atoms. The van der Waals surface area contributed by atoms with Gasteiger partial charge in [-0.25, -0.2) is 0 Å². The second kappa shape index (κ2) is 3.72. The van der Waals surface area contributed by atoms with Gasteiger partial charge in [-0.15, -0.1) is 0 Å². The van der Waals surface area contributed by atoms with E-state index in [2.05, 4.69) is 61.5 Å². The first kappa shape index (κ1) is 10.6. The summed E-state index contributed by atoms with van der Waals surface area (Å²) >= 11 is 0. The Morgan fingerprint density at radius 3 is 0.500 bits per heavy atom. The molecule has 0 saturated heterocycles. The van der Waals surface area contributed by atoms with Gasteiger partial charge in [-0.05, 0) is 0 Å². The van der Waals surface area contributed by atoms with Crippen LogP contribution in [0.3, 0.4) is 0 Å². The normalized spacial score (nSPS) is 10.5. The van der Waals surface area contributed by atoms with E-state index in [4.69, 9.17) is 0 Å². The summed E-state index contributed by atoms with van der Waals surface area (Å²) in [4.78, 5) is 0. The molecule has 18 radical (unpaired) electrons. The molecular weight excluding hydrogens is 241 g/mol. The van der Waals surface area contributed by atoms with E-state index in [-0.39, 0.29) is 0 Å². The van der Waals surface area contributed by atoms with E-state index in [9.17, 15) is 0 Å². The maximum absolute atomic E-state index is 3.49. The predicted molar refractivity (Wildman–Crippen MR) is 58.8 cm³/mol. The Morgan fingerprint density at radius 2 is 0.417 bits per heavy atom. The Morgan fingerprint density at radius 1 is 0.333 bits per heavy atom. The zero-order valence-corrected chi connectivity index (χ0v) is 12.0. The molecule has 0 unspecified atom stereocenters. The van der Waals surface area contributed by atoms with Gasteiger partial charge in [0.15, 0.2) is 0 Å². The van der Waals surface area contributed by atoms with Crippen LogP contribution in [0.15, 0.2) is 0 Å². The van der Waals surface area contributed by atoms with Gasteiger partial charge < -0.3 is 0 Å². The summed E-state index contributed by atoms with van der Waals surface area (Å²) in [5.74, 6) is 0. The van der Waals surface area contributed by atoms with Crippen molar-refractivity contribution in [2.75, 3.05) is 0 Å². The van der Waals surface area contributed by atoms with E-state index in [1.165, 1.54) is 0 Å². The van der Waals surface area contributed by atoms with Crippen molar-refractivity contribution >= 4 is 92.6 Å². The lowest BCUT2D eigenvalue weighted by molar-refractivity contribution is 2.13. The third kappa shape index (κ3) is 1.59. The molecule has 0 nitrogen and oxygen atoms in total. The Hall–Kier alpha value is 0.521. The molecule has 0 saturated carbocycles. The minimum Gasteiger partial charge on any atom is -0.0707 e. The van der Waals surface area contributed by atoms with Gasteiger partial charge in [-0.1, -0.05) is 31.1 Å². The Bertz CT molecular complexity index is 226. The standard InChI is InChI=1S/C6Si6/c7-1-2(8)4(10)6(12)5(11)3(1)9. The van der Waals surface area contributed by atoms with Crippen LogP contribution in [0.25, 0.3) is 0 Å². The zero-order valence-electron chi connectivity index (χ0n) is 6.00. The fourth-order valence-corrected chi connectivity index (χ4v) is 3.00. The van der Waals surface area contributed by atoms with Crippen LogP contribution >= 0.6 is 0 Å². The van der Waals surface area contributed by atoms with Gasteiger partial charge in [0.05, 0.1) is 61.5 Å². The Labute approximate surface area is 92.5 Å². The van der Waals surface area contributed by atoms with Crippen molar-refractivity contribution in [1.82, 2.24) is 0 Å². The second-order valence-corrected chi connectivity index (χ2v) is 5.25. The molecule has 12 heavy (non-hydrogen) atoms. The lowest BCUT2D eigenvalue weighted by Crippen LogP contribution is -2.62. The zero-order chi connectivity index (χ0) is 9.46. The van der Waals surface area contributed by atoms with E-state index in [0.29, 0.717) is 0 Å². The topological polar surface area (TPSA) is 0 Å². The van der Waals surface area contributed by atoms with E-state index < -0.39 is 0 Å². The van der Waals surface area contributed by atoms with E-state index in [0.717, 1.165) is 31.1 Å². The van der Waals surface area contributed by atoms with Crippen LogP contribution in [0.1, 0.15) is 0 Å². The highest BCUT2D eigenvalue weighted by Gasteiger charge is 2.07. The molecule has 0 fully saturated rings. The third-order valence-electron chi connectivity index (χ3n) is 1.50. The van der Waals surface area contributed by atoms with Gasteiger partial charge in [0.25, 0.3) is 0 Å². The molecule has 0 aliphatic carbocycles. The summed E-state index contributed by atoms with van der Waals surface area (Å²) in [6, 6.07) is 0. The number of rotatable bonds is 0. The number of hydrogen-bond donors (Lipinski definition) is 0. The van der Waals surface area contributed by atoms with Gasteiger partial charge >= 0.3 is 0 Å². The predicted octanol–water partition coefficient (Wildman–Crippen LogP) is -5.55. The first-order chi connectivity index (χ1) is 5.46. The van der Waals surface area contributed by atoms with Crippen molar-refractivity contribution in [3.05, 3.63) is 0 Å². The fraction of sp³-hybridized carbons (Fsp3) is 0. The van der Waals surface area contributed by atoms with Crippen LogP contribution < -0.4 is 31.1 Å². The van der Waals surface area contributed by atoms with Crippen LogP contribution in [-0.4, -0.2) is 61.5 Å². The van der Waals surface area contributed by atoms with Gasteiger partial charge in [0, 0.05) is 0 Å². The van der Waals surface area contributed by atoms with Crippen molar-refractivity contribution < 1.29 is 0 Å². The highest BCUT2D eigenvalue weighted by Crippen LogP contribution is 1.60. The van der Waals surface area contributed by atoms with Crippen LogP contribution in [0, 0.1) is 0 Å². The Kier molecular flexibility index (Phi) is 3.28. The second-order valence-electron chi connectivity index (χ2n) is 2.25. The summed E-state index contributed by atoms with van der Waals surface area (Å²) < 4.78 is 0. The van der Waals surface area contributed by atoms with Crippen molar-refractivity contribution in [1.29, 1.82) is 0 Å². The first-order valence-electron chi connectivity index (χ1n) is 3.00. The lowest BCUT2D eigenvalue weighted by atomic mass is 10.3. The van der Waals surface area contributed by atoms with E-state index >= 15 is 0 Å². The molecule has 0 bridgehead atoms. The van der Waals surface area contributed by atoms with Gasteiger partial charge in [-0.3, -0.25) is 0 Å². The minimum absolute atomic E-state index is 0.959. The SMILES string of the molecule is [Si]c1c([Si])c([Si])c([Si])c([Si])c1[Si]. The van der Waals surface area contributed by atoms with Gasteiger partial charge in [-0.2, -0.15) is 0 Å². The maximum atomic E-state index is 3.49. The largest absolute Gasteiger partial charge is 0.0707 e. The van der Waals surface area contributed by atoms with Gasteiger partial charge in [0.2, 0.25) is 0 Å². The molecule has 1 rings (SSSR count). The van der Waals surface area contributed by atoms with Crippen molar-refractivity contribution in [3.8, 4) is 0 Å². The molecule has 0 heterocycles. The molecule has 0 aliphatic rings. The smallest absolute Gasteiger partial charge is 0.0707 e. The molecule has 0 atom stereocenters. The van der Waals surface area contributed by atoms with Crippen LogP contribution in [0.5, 0.6) is 0 Å². The van der Waals surface area contributed by atoms with Crippen molar-refractivity contribution in [2.24, 2.45) is 0 Å². The highest BCUT2D eigenvalue weighted by molar-refractivity contribution is 6.72. The average molecular weight is 241 g/mol. The van der Waals surface area contributed by atoms with Crippen molar-refractivity contribution in [3.63, 3.8) is 0 Å². The molecule has 1 aromatic rings. The fourth-order valence-electron chi connectivity index (χ4n) is 0.750. The van der Waals surface area contributed by atoms with E-state index in [1.54, 1.807) is 0 Å². The summed E-state index contributed by atoms with van der Waals surface area (Å²) in [5, 5.41) is 5.75. The third-order valence-corrected chi connectivity index (χ3v) is 6.00. The summed E-state index contributed by atoms with van der Waals surface area (Å²) in [6.07, 6.45) is 0. The molecule has 1 aromatic carbocycles. The molecule has 0 N–H and O–H groups in total. The average Bonchev–Trinajstić information content (AvgIpc) is 2.08. The quantitative estimate of drug-likeness (QED) is 0.397. The van der Waals surface area contributed by atoms with E-state index in [1.807, 2.05) is 0 Å². The summed E-state index contributed by atoms with van der Waals surface area (Å²) in [6.45, 7) is 0. The van der Waals surface area contributed by atoms with Crippen LogP contribution in [0.4, 0.5) is 0 Å². The van der Waals surface area contributed by atoms with Crippen molar-refractivity contribution in [2.45, 2.75) is 0 Å². The van der Waals surface area contributed by atoms with Gasteiger partial charge in [0.1, 0.15) is 0 Å².